The average Bonchev–Trinajstić information content (AvgIpc) is 2.77. The van der Waals surface area contributed by atoms with E-state index in [0.29, 0.717) is 21.7 Å². The summed E-state index contributed by atoms with van der Waals surface area (Å²) >= 11 is 9.08. The van der Waals surface area contributed by atoms with Gasteiger partial charge in [0.15, 0.2) is 0 Å². The highest BCUT2D eigenvalue weighted by Gasteiger charge is 2.25. The molecule has 0 saturated carbocycles. The molecule has 1 unspecified atom stereocenters. The molecule has 0 aromatic heterocycles. The smallest absolute Gasteiger partial charge is 0.241 e. The van der Waals surface area contributed by atoms with Gasteiger partial charge in [0.05, 0.1) is 9.37 Å². The van der Waals surface area contributed by atoms with Crippen molar-refractivity contribution in [3.05, 3.63) is 21.6 Å². The molecular formula is C12H17BrClN3O2S. The van der Waals surface area contributed by atoms with Crippen LogP contribution in [0.1, 0.15) is 12.8 Å². The van der Waals surface area contributed by atoms with Crippen LogP contribution in [0, 0.1) is 0 Å². The lowest BCUT2D eigenvalue weighted by atomic mass is 10.2. The minimum atomic E-state index is -3.63. The van der Waals surface area contributed by atoms with Gasteiger partial charge in [-0.05, 0) is 54.5 Å². The van der Waals surface area contributed by atoms with E-state index in [1.54, 1.807) is 0 Å². The van der Waals surface area contributed by atoms with Crippen LogP contribution in [0.4, 0.5) is 5.69 Å². The van der Waals surface area contributed by atoms with E-state index in [2.05, 4.69) is 25.6 Å². The van der Waals surface area contributed by atoms with E-state index in [9.17, 15) is 8.42 Å². The molecule has 5 nitrogen and oxygen atoms in total. The first-order chi connectivity index (χ1) is 9.31. The van der Waals surface area contributed by atoms with Crippen LogP contribution in [0.5, 0.6) is 0 Å². The monoisotopic (exact) mass is 381 g/mol. The molecular weight excluding hydrogens is 366 g/mol. The van der Waals surface area contributed by atoms with Crippen molar-refractivity contribution in [3.8, 4) is 0 Å². The van der Waals surface area contributed by atoms with Crippen molar-refractivity contribution in [1.29, 1.82) is 0 Å². The molecule has 1 aliphatic rings. The lowest BCUT2D eigenvalue weighted by molar-refractivity contribution is 0.311. The summed E-state index contributed by atoms with van der Waals surface area (Å²) in [6.07, 6.45) is 2.09. The Hall–Kier alpha value is -0.340. The van der Waals surface area contributed by atoms with E-state index >= 15 is 0 Å². The molecule has 8 heteroatoms. The zero-order chi connectivity index (χ0) is 14.9. The van der Waals surface area contributed by atoms with E-state index in [-0.39, 0.29) is 10.9 Å². The predicted octanol–water partition coefficient (Wildman–Crippen LogP) is 2.06. The Balaban J connectivity index is 2.18. The van der Waals surface area contributed by atoms with Crippen molar-refractivity contribution in [2.24, 2.45) is 0 Å². The van der Waals surface area contributed by atoms with Crippen molar-refractivity contribution in [3.63, 3.8) is 0 Å². The predicted molar refractivity (Wildman–Crippen MR) is 84.4 cm³/mol. The van der Waals surface area contributed by atoms with E-state index in [1.807, 2.05) is 7.05 Å². The van der Waals surface area contributed by atoms with Crippen LogP contribution in [0.2, 0.25) is 5.02 Å². The van der Waals surface area contributed by atoms with Crippen molar-refractivity contribution < 1.29 is 8.42 Å². The molecule has 1 aromatic carbocycles. The first-order valence-corrected chi connectivity index (χ1v) is 8.91. The van der Waals surface area contributed by atoms with Gasteiger partial charge in [0.25, 0.3) is 0 Å². The zero-order valence-corrected chi connectivity index (χ0v) is 14.2. The Morgan fingerprint density at radius 3 is 2.85 bits per heavy atom. The van der Waals surface area contributed by atoms with Gasteiger partial charge in [-0.25, -0.2) is 13.1 Å². The van der Waals surface area contributed by atoms with Gasteiger partial charge in [0.1, 0.15) is 0 Å². The number of hydrogen-bond donors (Lipinski definition) is 2. The second-order valence-corrected chi connectivity index (χ2v) is 7.90. The second kappa shape index (κ2) is 6.19. The minimum Gasteiger partial charge on any atom is -0.398 e. The maximum absolute atomic E-state index is 12.3. The van der Waals surface area contributed by atoms with Crippen molar-refractivity contribution in [1.82, 2.24) is 9.62 Å². The highest BCUT2D eigenvalue weighted by molar-refractivity contribution is 9.10. The Kier molecular flexibility index (Phi) is 4.96. The van der Waals surface area contributed by atoms with Crippen LogP contribution >= 0.6 is 27.5 Å². The number of nitrogens with zero attached hydrogens (tertiary/aromatic N) is 1. The first-order valence-electron chi connectivity index (χ1n) is 6.25. The van der Waals surface area contributed by atoms with Gasteiger partial charge in [-0.15, -0.1) is 0 Å². The molecule has 2 rings (SSSR count). The highest BCUT2D eigenvalue weighted by atomic mass is 79.9. The molecule has 1 heterocycles. The van der Waals surface area contributed by atoms with Gasteiger partial charge in [-0.3, -0.25) is 0 Å². The summed E-state index contributed by atoms with van der Waals surface area (Å²) in [5.41, 5.74) is 6.03. The molecule has 1 aromatic rings. The fourth-order valence-corrected chi connectivity index (χ4v) is 4.66. The molecule has 20 heavy (non-hydrogen) atoms. The number of nitrogens with two attached hydrogens (primary N) is 1. The molecule has 1 atom stereocenters. The molecule has 0 spiro atoms. The molecule has 1 aliphatic heterocycles. The van der Waals surface area contributed by atoms with Crippen LogP contribution < -0.4 is 10.5 Å². The van der Waals surface area contributed by atoms with Gasteiger partial charge in [-0.1, -0.05) is 11.6 Å². The van der Waals surface area contributed by atoms with Gasteiger partial charge in [0.2, 0.25) is 10.0 Å². The molecule has 0 amide bonds. The van der Waals surface area contributed by atoms with E-state index in [4.69, 9.17) is 17.3 Å². The zero-order valence-electron chi connectivity index (χ0n) is 11.1. The van der Waals surface area contributed by atoms with E-state index in [1.165, 1.54) is 12.1 Å². The second-order valence-electron chi connectivity index (χ2n) is 4.94. The molecule has 1 saturated heterocycles. The normalized spacial score (nSPS) is 20.4. The number of likely N-dealkylation sites (N-methyl/N-ethyl adjacent to an activating group) is 1. The van der Waals surface area contributed by atoms with Gasteiger partial charge >= 0.3 is 0 Å². The molecule has 1 fully saturated rings. The summed E-state index contributed by atoms with van der Waals surface area (Å²) in [6.45, 7) is 1.39. The molecule has 0 radical (unpaired) electrons. The molecule has 0 aliphatic carbocycles. The third kappa shape index (κ3) is 3.46. The van der Waals surface area contributed by atoms with Gasteiger partial charge in [0, 0.05) is 23.3 Å². The number of anilines is 1. The SMILES string of the molecule is CN1CCCC1CNS(=O)(=O)c1cc(Cl)cc(N)c1Br. The molecule has 112 valence electrons. The van der Waals surface area contributed by atoms with Crippen LogP contribution in [-0.2, 0) is 10.0 Å². The number of nitrogens with one attached hydrogen (secondary N) is 1. The van der Waals surface area contributed by atoms with Crippen LogP contribution in [0.25, 0.3) is 0 Å². The van der Waals surface area contributed by atoms with Crippen LogP contribution in [-0.4, -0.2) is 39.5 Å². The standard InChI is InChI=1S/C12H17BrClN3O2S/c1-17-4-2-3-9(17)7-16-20(18,19)11-6-8(14)5-10(15)12(11)13/h5-6,9,16H,2-4,7,15H2,1H3. The highest BCUT2D eigenvalue weighted by Crippen LogP contribution is 2.31. The molecule has 3 N–H and O–H groups in total. The van der Waals surface area contributed by atoms with Crippen molar-refractivity contribution in [2.45, 2.75) is 23.8 Å². The van der Waals surface area contributed by atoms with Gasteiger partial charge < -0.3 is 10.6 Å². The quantitative estimate of drug-likeness (QED) is 0.782. The summed E-state index contributed by atoms with van der Waals surface area (Å²) in [6, 6.07) is 3.14. The fourth-order valence-electron chi connectivity index (χ4n) is 2.30. The fraction of sp³-hybridized carbons (Fsp3) is 0.500. The van der Waals surface area contributed by atoms with E-state index in [0.717, 1.165) is 19.4 Å². The Morgan fingerprint density at radius 1 is 1.55 bits per heavy atom. The summed E-state index contributed by atoms with van der Waals surface area (Å²) in [4.78, 5) is 2.23. The number of rotatable bonds is 4. The lowest BCUT2D eigenvalue weighted by Gasteiger charge is -2.20. The largest absolute Gasteiger partial charge is 0.398 e. The number of likely N-dealkylation sites (tertiary alicyclic amines) is 1. The Morgan fingerprint density at radius 2 is 2.25 bits per heavy atom. The topological polar surface area (TPSA) is 75.4 Å². The summed E-state index contributed by atoms with van der Waals surface area (Å²) in [5.74, 6) is 0. The van der Waals surface area contributed by atoms with Crippen LogP contribution in [0.3, 0.4) is 0 Å². The average molecular weight is 383 g/mol. The minimum absolute atomic E-state index is 0.0724. The lowest BCUT2D eigenvalue weighted by Crippen LogP contribution is -2.38. The van der Waals surface area contributed by atoms with Gasteiger partial charge in [-0.2, -0.15) is 0 Å². The first kappa shape index (κ1) is 16.0. The summed E-state index contributed by atoms with van der Waals surface area (Å²) < 4.78 is 27.7. The number of hydrogen-bond acceptors (Lipinski definition) is 4. The number of halogens is 2. The molecule has 0 bridgehead atoms. The van der Waals surface area contributed by atoms with Crippen LogP contribution in [0.15, 0.2) is 21.5 Å². The van der Waals surface area contributed by atoms with Crippen molar-refractivity contribution in [2.75, 3.05) is 25.9 Å². The summed E-state index contributed by atoms with van der Waals surface area (Å²) in [5, 5.41) is 0.295. The Labute approximate surface area is 132 Å². The summed E-state index contributed by atoms with van der Waals surface area (Å²) in [7, 11) is -1.64. The number of benzene rings is 1. The third-order valence-corrected chi connectivity index (χ3v) is 6.32. The number of nitrogen functional groups attached to an aromatic ring is 1. The third-order valence-electron chi connectivity index (χ3n) is 3.50. The maximum Gasteiger partial charge on any atom is 0.241 e. The van der Waals surface area contributed by atoms with Crippen molar-refractivity contribution >= 4 is 43.2 Å². The number of sulfonamides is 1. The Bertz CT molecular complexity index is 609. The maximum atomic E-state index is 12.3. The van der Waals surface area contributed by atoms with E-state index < -0.39 is 10.0 Å².